The van der Waals surface area contributed by atoms with Gasteiger partial charge in [0.25, 0.3) is 5.91 Å². The lowest BCUT2D eigenvalue weighted by Gasteiger charge is -2.20. The lowest BCUT2D eigenvalue weighted by atomic mass is 10.4. The van der Waals surface area contributed by atoms with Gasteiger partial charge in [-0.05, 0) is 32.9 Å². The Labute approximate surface area is 165 Å². The van der Waals surface area contributed by atoms with Crippen LogP contribution < -0.4 is 15.1 Å². The van der Waals surface area contributed by atoms with E-state index in [-0.39, 0.29) is 5.91 Å². The second kappa shape index (κ2) is 10.3. The fraction of sp³-hybridized carbons (Fsp3) is 0.526. The average molecular weight is 393 g/mol. The SMILES string of the molecule is CCN(CC)c1cc(C)nc(SCc2ccc(C(=O)NCC[NH+](C)C)o2)n1. The minimum absolute atomic E-state index is 0.178. The minimum atomic E-state index is -0.178. The van der Waals surface area contributed by atoms with Gasteiger partial charge in [-0.15, -0.1) is 0 Å². The van der Waals surface area contributed by atoms with Crippen LogP contribution in [-0.4, -0.2) is 56.1 Å². The summed E-state index contributed by atoms with van der Waals surface area (Å²) >= 11 is 1.51. The van der Waals surface area contributed by atoms with Crippen LogP contribution in [0.4, 0.5) is 5.82 Å². The van der Waals surface area contributed by atoms with Crippen molar-refractivity contribution < 1.29 is 14.1 Å². The van der Waals surface area contributed by atoms with Crippen LogP contribution in [0.25, 0.3) is 0 Å². The molecule has 0 saturated heterocycles. The van der Waals surface area contributed by atoms with Crippen LogP contribution in [0.15, 0.2) is 27.8 Å². The first-order valence-electron chi connectivity index (χ1n) is 9.32. The lowest BCUT2D eigenvalue weighted by Crippen LogP contribution is -3.06. The van der Waals surface area contributed by atoms with Crippen LogP contribution in [0.1, 0.15) is 35.9 Å². The van der Waals surface area contributed by atoms with Crippen molar-refractivity contribution in [2.45, 2.75) is 31.7 Å². The molecular formula is C19H30N5O2S+. The average Bonchev–Trinajstić information content (AvgIpc) is 3.09. The molecule has 0 spiro atoms. The van der Waals surface area contributed by atoms with Gasteiger partial charge in [-0.2, -0.15) is 0 Å². The van der Waals surface area contributed by atoms with E-state index in [1.54, 1.807) is 6.07 Å². The zero-order valence-corrected chi connectivity index (χ0v) is 17.7. The monoisotopic (exact) mass is 392 g/mol. The lowest BCUT2D eigenvalue weighted by molar-refractivity contribution is -0.856. The van der Waals surface area contributed by atoms with Gasteiger partial charge in [-0.25, -0.2) is 9.97 Å². The number of aromatic nitrogens is 2. The second-order valence-electron chi connectivity index (χ2n) is 6.59. The van der Waals surface area contributed by atoms with Crippen LogP contribution in [0.3, 0.4) is 0 Å². The molecule has 0 bridgehead atoms. The molecule has 2 aromatic heterocycles. The Morgan fingerprint density at radius 2 is 2.00 bits per heavy atom. The summed E-state index contributed by atoms with van der Waals surface area (Å²) < 4.78 is 5.67. The molecule has 148 valence electrons. The smallest absolute Gasteiger partial charge is 0.287 e. The molecule has 0 aliphatic carbocycles. The molecular weight excluding hydrogens is 362 g/mol. The Morgan fingerprint density at radius 1 is 1.26 bits per heavy atom. The first-order chi connectivity index (χ1) is 12.9. The molecule has 27 heavy (non-hydrogen) atoms. The van der Waals surface area contributed by atoms with Crippen molar-refractivity contribution in [1.82, 2.24) is 15.3 Å². The quantitative estimate of drug-likeness (QED) is 0.470. The molecule has 0 aliphatic heterocycles. The van der Waals surface area contributed by atoms with E-state index in [1.165, 1.54) is 16.7 Å². The second-order valence-corrected chi connectivity index (χ2v) is 7.53. The van der Waals surface area contributed by atoms with Crippen molar-refractivity contribution in [3.8, 4) is 0 Å². The van der Waals surface area contributed by atoms with E-state index in [0.29, 0.717) is 23.2 Å². The maximum absolute atomic E-state index is 12.1. The Hall–Kier alpha value is -2.06. The van der Waals surface area contributed by atoms with Gasteiger partial charge >= 0.3 is 0 Å². The number of likely N-dealkylation sites (N-methyl/N-ethyl adjacent to an activating group) is 1. The Balaban J connectivity index is 1.95. The first kappa shape index (κ1) is 21.2. The van der Waals surface area contributed by atoms with Gasteiger partial charge in [-0.1, -0.05) is 11.8 Å². The van der Waals surface area contributed by atoms with E-state index in [2.05, 4.69) is 34.0 Å². The van der Waals surface area contributed by atoms with E-state index < -0.39 is 0 Å². The fourth-order valence-electron chi connectivity index (χ4n) is 2.53. The standard InChI is InChI=1S/C19H29N5O2S/c1-6-24(7-2)17-12-14(3)21-19(22-17)27-13-15-8-9-16(26-15)18(25)20-10-11-23(4)5/h8-9,12H,6-7,10-11,13H2,1-5H3,(H,20,25)/p+1. The number of carbonyl (C=O) groups excluding carboxylic acids is 1. The molecule has 7 nitrogen and oxygen atoms in total. The number of furan rings is 1. The first-order valence-corrected chi connectivity index (χ1v) is 10.3. The molecule has 2 rings (SSSR count). The number of hydrogen-bond acceptors (Lipinski definition) is 6. The van der Waals surface area contributed by atoms with Crippen molar-refractivity contribution >= 4 is 23.5 Å². The van der Waals surface area contributed by atoms with Crippen molar-refractivity contribution in [2.75, 3.05) is 45.2 Å². The highest BCUT2D eigenvalue weighted by Gasteiger charge is 2.13. The Kier molecular flexibility index (Phi) is 8.12. The Morgan fingerprint density at radius 3 is 2.67 bits per heavy atom. The molecule has 0 atom stereocenters. The zero-order chi connectivity index (χ0) is 19.8. The molecule has 0 fully saturated rings. The van der Waals surface area contributed by atoms with Gasteiger partial charge in [0.15, 0.2) is 10.9 Å². The van der Waals surface area contributed by atoms with Crippen molar-refractivity contribution in [3.63, 3.8) is 0 Å². The van der Waals surface area contributed by atoms with Gasteiger partial charge in [0.1, 0.15) is 11.6 Å². The van der Waals surface area contributed by atoms with Gasteiger partial charge in [-0.3, -0.25) is 4.79 Å². The van der Waals surface area contributed by atoms with Crippen molar-refractivity contribution in [3.05, 3.63) is 35.4 Å². The summed E-state index contributed by atoms with van der Waals surface area (Å²) in [6.07, 6.45) is 0. The minimum Gasteiger partial charge on any atom is -0.455 e. The number of nitrogens with zero attached hydrogens (tertiary/aromatic N) is 3. The zero-order valence-electron chi connectivity index (χ0n) is 16.8. The Bertz CT molecular complexity index is 743. The predicted molar refractivity (Wildman–Crippen MR) is 109 cm³/mol. The number of anilines is 1. The number of aryl methyl sites for hydroxylation is 1. The fourth-order valence-corrected chi connectivity index (χ4v) is 3.32. The number of amides is 1. The summed E-state index contributed by atoms with van der Waals surface area (Å²) in [4.78, 5) is 24.7. The highest BCUT2D eigenvalue weighted by Crippen LogP contribution is 2.23. The third-order valence-corrected chi connectivity index (χ3v) is 4.92. The third kappa shape index (κ3) is 6.55. The number of hydrogen-bond donors (Lipinski definition) is 2. The normalized spacial score (nSPS) is 11.0. The summed E-state index contributed by atoms with van der Waals surface area (Å²) in [6.45, 7) is 9.51. The highest BCUT2D eigenvalue weighted by atomic mass is 32.2. The topological polar surface area (TPSA) is 75.7 Å². The molecule has 0 aliphatic rings. The summed E-state index contributed by atoms with van der Waals surface area (Å²) in [5.74, 6) is 2.42. The van der Waals surface area contributed by atoms with Crippen molar-refractivity contribution in [2.24, 2.45) is 0 Å². The highest BCUT2D eigenvalue weighted by molar-refractivity contribution is 7.98. The van der Waals surface area contributed by atoms with E-state index in [9.17, 15) is 4.79 Å². The number of rotatable bonds is 10. The largest absolute Gasteiger partial charge is 0.455 e. The van der Waals surface area contributed by atoms with Gasteiger partial charge < -0.3 is 19.5 Å². The number of quaternary nitrogens is 1. The summed E-state index contributed by atoms with van der Waals surface area (Å²) in [6, 6.07) is 5.55. The molecule has 2 heterocycles. The van der Waals surface area contributed by atoms with Crippen LogP contribution in [0, 0.1) is 6.92 Å². The molecule has 0 unspecified atom stereocenters. The van der Waals surface area contributed by atoms with Crippen LogP contribution in [0.5, 0.6) is 0 Å². The van der Waals surface area contributed by atoms with Crippen LogP contribution in [0.2, 0.25) is 0 Å². The molecule has 0 aromatic carbocycles. The van der Waals surface area contributed by atoms with Gasteiger partial charge in [0.2, 0.25) is 0 Å². The summed E-state index contributed by atoms with van der Waals surface area (Å²) in [5.41, 5.74) is 0.942. The summed E-state index contributed by atoms with van der Waals surface area (Å²) in [5, 5.41) is 3.58. The molecule has 0 saturated carbocycles. The van der Waals surface area contributed by atoms with Crippen molar-refractivity contribution in [1.29, 1.82) is 0 Å². The van der Waals surface area contributed by atoms with Gasteiger partial charge in [0.05, 0.1) is 32.9 Å². The van der Waals surface area contributed by atoms with E-state index >= 15 is 0 Å². The van der Waals surface area contributed by atoms with E-state index in [4.69, 9.17) is 4.42 Å². The van der Waals surface area contributed by atoms with E-state index in [1.807, 2.05) is 33.2 Å². The molecule has 8 heteroatoms. The number of carbonyl (C=O) groups is 1. The molecule has 2 aromatic rings. The molecule has 1 amide bonds. The van der Waals surface area contributed by atoms with Crippen LogP contribution in [-0.2, 0) is 5.75 Å². The maximum atomic E-state index is 12.1. The summed E-state index contributed by atoms with van der Waals surface area (Å²) in [7, 11) is 4.10. The predicted octanol–water partition coefficient (Wildman–Crippen LogP) is 1.39. The number of thioether (sulfide) groups is 1. The maximum Gasteiger partial charge on any atom is 0.287 e. The molecule has 2 N–H and O–H groups in total. The molecule has 0 radical (unpaired) electrons. The van der Waals surface area contributed by atoms with E-state index in [0.717, 1.165) is 36.9 Å². The van der Waals surface area contributed by atoms with Crippen LogP contribution >= 0.6 is 11.8 Å². The van der Waals surface area contributed by atoms with Gasteiger partial charge in [0, 0.05) is 24.8 Å². The third-order valence-electron chi connectivity index (χ3n) is 4.05. The number of nitrogens with one attached hydrogen (secondary N) is 2.